The lowest BCUT2D eigenvalue weighted by atomic mass is 9.66. The highest BCUT2D eigenvalue weighted by Gasteiger charge is 2.57. The molecular weight excluding hydrogens is 243 g/mol. The summed E-state index contributed by atoms with van der Waals surface area (Å²) in [4.78, 5) is 11.7. The lowest BCUT2D eigenvalue weighted by Crippen LogP contribution is -2.59. The van der Waals surface area contributed by atoms with Gasteiger partial charge in [0.1, 0.15) is 5.54 Å². The van der Waals surface area contributed by atoms with E-state index in [1.165, 1.54) is 0 Å². The minimum absolute atomic E-state index is 0.0179. The number of aliphatic carboxylic acids is 1. The quantitative estimate of drug-likeness (QED) is 0.546. The van der Waals surface area contributed by atoms with Gasteiger partial charge < -0.3 is 21.2 Å². The maximum absolute atomic E-state index is 11.7. The molecule has 5 N–H and O–H groups in total. The van der Waals surface area contributed by atoms with Gasteiger partial charge >= 0.3 is 5.97 Å². The van der Waals surface area contributed by atoms with Gasteiger partial charge in [0.25, 0.3) is 6.92 Å². The molecule has 108 valence electrons. The summed E-state index contributed by atoms with van der Waals surface area (Å²) in [7, 11) is 0. The fourth-order valence-corrected chi connectivity index (χ4v) is 3.93. The molecule has 1 saturated heterocycles. The van der Waals surface area contributed by atoms with E-state index in [0.29, 0.717) is 0 Å². The van der Waals surface area contributed by atoms with Crippen molar-refractivity contribution in [3.63, 3.8) is 0 Å². The molecule has 2 aliphatic rings. The Morgan fingerprint density at radius 3 is 2.95 bits per heavy atom. The monoisotopic (exact) mass is 268 g/mol. The van der Waals surface area contributed by atoms with Crippen LogP contribution >= 0.6 is 0 Å². The van der Waals surface area contributed by atoms with Gasteiger partial charge in [-0.1, -0.05) is 13.2 Å². The molecule has 0 bridgehead atoms. The van der Waals surface area contributed by atoms with Gasteiger partial charge in [-0.05, 0) is 44.5 Å². The summed E-state index contributed by atoms with van der Waals surface area (Å²) >= 11 is 0. The maximum Gasteiger partial charge on any atom is 0.324 e. The molecule has 1 heterocycles. The van der Waals surface area contributed by atoms with Crippen LogP contribution in [0.15, 0.2) is 0 Å². The molecule has 0 amide bonds. The summed E-state index contributed by atoms with van der Waals surface area (Å²) in [6.07, 6.45) is 5.12. The van der Waals surface area contributed by atoms with E-state index in [1.807, 2.05) is 0 Å². The molecule has 6 heteroatoms. The highest BCUT2D eigenvalue weighted by Crippen LogP contribution is 2.45. The zero-order chi connectivity index (χ0) is 14.0. The van der Waals surface area contributed by atoms with Gasteiger partial charge in [0.15, 0.2) is 0 Å². The fourth-order valence-electron chi connectivity index (χ4n) is 3.93. The Bertz CT molecular complexity index is 340. The second kappa shape index (κ2) is 5.81. The predicted octanol–water partition coefficient (Wildman–Crippen LogP) is 0.550. The third-order valence-corrected chi connectivity index (χ3v) is 4.96. The third kappa shape index (κ3) is 2.80. The Morgan fingerprint density at radius 1 is 1.58 bits per heavy atom. The number of nitrogens with one attached hydrogen (secondary N) is 1. The van der Waals surface area contributed by atoms with Crippen molar-refractivity contribution in [2.75, 3.05) is 6.54 Å². The third-order valence-electron chi connectivity index (χ3n) is 4.96. The summed E-state index contributed by atoms with van der Waals surface area (Å²) in [6, 6.07) is 0.256. The summed E-state index contributed by atoms with van der Waals surface area (Å²) in [5, 5.41) is 22.3. The van der Waals surface area contributed by atoms with E-state index in [4.69, 9.17) is 5.73 Å². The smallest absolute Gasteiger partial charge is 0.324 e. The Hall–Kier alpha value is -0.585. The lowest BCUT2D eigenvalue weighted by molar-refractivity contribution is -0.147. The number of hydrogen-bond donors (Lipinski definition) is 4. The molecule has 5 nitrogen and oxygen atoms in total. The lowest BCUT2D eigenvalue weighted by Gasteiger charge is -2.36. The van der Waals surface area contributed by atoms with Crippen LogP contribution in [0.3, 0.4) is 0 Å². The largest absolute Gasteiger partial charge is 0.480 e. The molecule has 4 unspecified atom stereocenters. The van der Waals surface area contributed by atoms with Crippen molar-refractivity contribution in [1.82, 2.24) is 5.32 Å². The van der Waals surface area contributed by atoms with Crippen molar-refractivity contribution < 1.29 is 14.9 Å². The number of carboxylic acids is 1. The van der Waals surface area contributed by atoms with E-state index in [1.54, 1.807) is 6.82 Å². The van der Waals surface area contributed by atoms with Crippen LogP contribution in [0.5, 0.6) is 0 Å². The minimum atomic E-state index is -1.09. The van der Waals surface area contributed by atoms with Gasteiger partial charge in [0, 0.05) is 12.0 Å². The predicted molar refractivity (Wildman–Crippen MR) is 75.1 cm³/mol. The molecule has 4 atom stereocenters. The van der Waals surface area contributed by atoms with Crippen molar-refractivity contribution in [3.8, 4) is 0 Å². The van der Waals surface area contributed by atoms with Crippen LogP contribution in [0.25, 0.3) is 0 Å². The molecule has 1 saturated carbocycles. The molecule has 0 spiro atoms. The van der Waals surface area contributed by atoms with Crippen molar-refractivity contribution in [2.24, 2.45) is 17.6 Å². The van der Waals surface area contributed by atoms with Gasteiger partial charge in [-0.2, -0.15) is 0 Å². The molecule has 0 aromatic carbocycles. The van der Waals surface area contributed by atoms with Crippen molar-refractivity contribution in [2.45, 2.75) is 56.8 Å². The molecule has 19 heavy (non-hydrogen) atoms. The number of rotatable bonds is 5. The Balaban J connectivity index is 2.06. The van der Waals surface area contributed by atoms with Crippen molar-refractivity contribution in [1.29, 1.82) is 0 Å². The first-order chi connectivity index (χ1) is 8.96. The van der Waals surface area contributed by atoms with Gasteiger partial charge in [-0.15, -0.1) is 0 Å². The second-order valence-corrected chi connectivity index (χ2v) is 6.26. The Kier molecular flexibility index (Phi) is 4.53. The van der Waals surface area contributed by atoms with Crippen LogP contribution in [-0.2, 0) is 4.79 Å². The molecule has 0 aromatic heterocycles. The van der Waals surface area contributed by atoms with Crippen LogP contribution in [0.1, 0.15) is 32.1 Å². The van der Waals surface area contributed by atoms with Gasteiger partial charge in [0.2, 0.25) is 0 Å². The first-order valence-corrected chi connectivity index (χ1v) is 7.40. The van der Waals surface area contributed by atoms with E-state index >= 15 is 0 Å². The summed E-state index contributed by atoms with van der Waals surface area (Å²) in [6.45, 7) is 2.42. The summed E-state index contributed by atoms with van der Waals surface area (Å²) in [5.41, 5.74) is 5.23. The number of fused-ring (bicyclic) bond motifs is 1. The van der Waals surface area contributed by atoms with Crippen LogP contribution in [0.4, 0.5) is 0 Å². The SMILES string of the molecule is CB(O)CCCC1CC2NCCCC2C1(N)C(=O)O. The average Bonchev–Trinajstić information content (AvgIpc) is 2.64. The molecule has 0 aromatic rings. The highest BCUT2D eigenvalue weighted by atomic mass is 16.4. The average molecular weight is 268 g/mol. The van der Waals surface area contributed by atoms with Crippen LogP contribution in [0, 0.1) is 11.8 Å². The highest BCUT2D eigenvalue weighted by molar-refractivity contribution is 6.48. The van der Waals surface area contributed by atoms with Gasteiger partial charge in [-0.3, -0.25) is 4.79 Å². The number of carboxylic acid groups (broad SMARTS) is 1. The zero-order valence-electron chi connectivity index (χ0n) is 11.6. The normalized spacial score (nSPS) is 37.9. The first-order valence-electron chi connectivity index (χ1n) is 7.40. The first kappa shape index (κ1) is 14.8. The number of nitrogens with two attached hydrogens (primary N) is 1. The molecule has 1 aliphatic heterocycles. The Labute approximate surface area is 115 Å². The minimum Gasteiger partial charge on any atom is -0.480 e. The number of piperidine rings is 1. The van der Waals surface area contributed by atoms with Crippen LogP contribution in [0.2, 0.25) is 13.1 Å². The second-order valence-electron chi connectivity index (χ2n) is 6.26. The van der Waals surface area contributed by atoms with E-state index in [9.17, 15) is 14.9 Å². The van der Waals surface area contributed by atoms with Crippen molar-refractivity contribution >= 4 is 12.9 Å². The molecule has 2 rings (SSSR count). The summed E-state index contributed by atoms with van der Waals surface area (Å²) in [5.74, 6) is -0.787. The molecule has 1 aliphatic carbocycles. The van der Waals surface area contributed by atoms with Crippen LogP contribution in [-0.4, -0.2) is 41.1 Å². The Morgan fingerprint density at radius 2 is 2.32 bits per heavy atom. The van der Waals surface area contributed by atoms with Crippen LogP contribution < -0.4 is 11.1 Å². The molecule has 2 fully saturated rings. The van der Waals surface area contributed by atoms with E-state index in [0.717, 1.165) is 45.0 Å². The topological polar surface area (TPSA) is 95.6 Å². The number of hydrogen-bond acceptors (Lipinski definition) is 4. The standard InChI is InChI=1S/C13H25BN2O3/c1-14(19)6-2-4-9-8-11-10(5-3-7-16-11)13(9,15)12(17)18/h9-11,16,19H,2-8,15H2,1H3,(H,17,18). The molecular formula is C13H25BN2O3. The van der Waals surface area contributed by atoms with E-state index in [2.05, 4.69) is 5.32 Å². The van der Waals surface area contributed by atoms with Crippen molar-refractivity contribution in [3.05, 3.63) is 0 Å². The van der Waals surface area contributed by atoms with Gasteiger partial charge in [0.05, 0.1) is 0 Å². The zero-order valence-corrected chi connectivity index (χ0v) is 11.6. The van der Waals surface area contributed by atoms with E-state index < -0.39 is 11.5 Å². The summed E-state index contributed by atoms with van der Waals surface area (Å²) < 4.78 is 0. The van der Waals surface area contributed by atoms with Gasteiger partial charge in [-0.25, -0.2) is 0 Å². The molecule has 0 radical (unpaired) electrons. The number of carbonyl (C=O) groups is 1. The van der Waals surface area contributed by atoms with E-state index in [-0.39, 0.29) is 24.8 Å². The maximum atomic E-state index is 11.7. The fraction of sp³-hybridized carbons (Fsp3) is 0.923.